The minimum Gasteiger partial charge on any atom is -0.504 e. The second kappa shape index (κ2) is 11.7. The smallest absolute Gasteiger partial charge is 0.231 e. The summed E-state index contributed by atoms with van der Waals surface area (Å²) in [6.07, 6.45) is 3.47. The quantitative estimate of drug-likeness (QED) is 0.495. The first-order valence-electron chi connectivity index (χ1n) is 12.2. The van der Waals surface area contributed by atoms with Crippen LogP contribution in [0, 0.1) is 0 Å². The molecular weight excluding hydrogens is 440 g/mol. The molecule has 1 aromatic heterocycles. The summed E-state index contributed by atoms with van der Waals surface area (Å²) in [5.74, 6) is 1.43. The van der Waals surface area contributed by atoms with E-state index in [4.69, 9.17) is 4.74 Å². The number of carbonyl (C=O) groups excluding carboxylic acids is 1. The Morgan fingerprint density at radius 3 is 2.60 bits per heavy atom. The molecule has 1 amide bonds. The van der Waals surface area contributed by atoms with E-state index in [9.17, 15) is 9.90 Å². The second-order valence-corrected chi connectivity index (χ2v) is 8.85. The highest BCUT2D eigenvalue weighted by Gasteiger charge is 2.20. The largest absolute Gasteiger partial charge is 0.504 e. The highest BCUT2D eigenvalue weighted by molar-refractivity contribution is 5.95. The Labute approximate surface area is 207 Å². The molecule has 2 N–H and O–H groups in total. The minimum atomic E-state index is -0.184. The third-order valence-electron chi connectivity index (χ3n) is 6.55. The van der Waals surface area contributed by atoms with Gasteiger partial charge in [-0.3, -0.25) is 9.69 Å². The molecule has 0 unspecified atom stereocenters. The Morgan fingerprint density at radius 2 is 1.89 bits per heavy atom. The van der Waals surface area contributed by atoms with E-state index >= 15 is 0 Å². The number of ether oxygens (including phenoxy) is 1. The normalized spacial score (nSPS) is 15.3. The number of phenolic OH excluding ortho intramolecular Hbond substituents is 1. The summed E-state index contributed by atoms with van der Waals surface area (Å²) < 4.78 is 5.24. The minimum absolute atomic E-state index is 0.0144. The van der Waals surface area contributed by atoms with Gasteiger partial charge in [0.1, 0.15) is 5.82 Å². The van der Waals surface area contributed by atoms with E-state index < -0.39 is 0 Å². The van der Waals surface area contributed by atoms with Gasteiger partial charge in [0.25, 0.3) is 0 Å². The van der Waals surface area contributed by atoms with E-state index in [0.717, 1.165) is 56.0 Å². The van der Waals surface area contributed by atoms with Crippen LogP contribution >= 0.6 is 0 Å². The van der Waals surface area contributed by atoms with Gasteiger partial charge >= 0.3 is 0 Å². The summed E-state index contributed by atoms with van der Waals surface area (Å²) in [5, 5.41) is 13.4. The molecule has 3 aromatic rings. The van der Waals surface area contributed by atoms with Gasteiger partial charge in [0.2, 0.25) is 5.91 Å². The fourth-order valence-electron chi connectivity index (χ4n) is 4.59. The van der Waals surface area contributed by atoms with Crippen molar-refractivity contribution >= 4 is 17.4 Å². The molecule has 2 aromatic carbocycles. The lowest BCUT2D eigenvalue weighted by Crippen LogP contribution is -2.31. The molecule has 4 rings (SSSR count). The number of hydrogen-bond donors (Lipinski definition) is 2. The number of nitrogens with zero attached hydrogens (tertiary/aromatic N) is 3. The van der Waals surface area contributed by atoms with Gasteiger partial charge in [-0.2, -0.15) is 0 Å². The third kappa shape index (κ3) is 6.11. The maximum atomic E-state index is 12.8. The molecule has 0 radical (unpaired) electrons. The predicted molar refractivity (Wildman–Crippen MR) is 139 cm³/mol. The summed E-state index contributed by atoms with van der Waals surface area (Å²) in [7, 11) is 1.57. The first kappa shape index (κ1) is 24.5. The summed E-state index contributed by atoms with van der Waals surface area (Å²) in [6, 6.07) is 19.4. The third-order valence-corrected chi connectivity index (χ3v) is 6.55. The molecule has 1 aliphatic heterocycles. The van der Waals surface area contributed by atoms with Crippen LogP contribution in [-0.4, -0.2) is 54.2 Å². The van der Waals surface area contributed by atoms with E-state index in [1.165, 1.54) is 0 Å². The molecule has 184 valence electrons. The van der Waals surface area contributed by atoms with Crippen LogP contribution in [0.1, 0.15) is 36.8 Å². The van der Waals surface area contributed by atoms with E-state index in [2.05, 4.69) is 20.1 Å². The maximum Gasteiger partial charge on any atom is 0.231 e. The Morgan fingerprint density at radius 1 is 1.06 bits per heavy atom. The SMILES string of the molecule is CC[C@H](C(=O)Nc1ccc(N2CCCN(Cc3cccc(OC)c3O)CC2)nc1)c1ccccc1. The fourth-order valence-corrected chi connectivity index (χ4v) is 4.59. The number of hydrogen-bond acceptors (Lipinski definition) is 6. The van der Waals surface area contributed by atoms with E-state index in [1.54, 1.807) is 19.4 Å². The standard InChI is InChI=1S/C28H34N4O3/c1-3-24(21-9-5-4-6-10-21)28(34)30-23-13-14-26(29-19-23)32-16-8-15-31(17-18-32)20-22-11-7-12-25(35-2)27(22)33/h4-7,9-14,19,24,33H,3,8,15-18,20H2,1-2H3,(H,30,34)/t24-/m0/s1. The zero-order chi connectivity index (χ0) is 24.6. The summed E-state index contributed by atoms with van der Waals surface area (Å²) >= 11 is 0. The van der Waals surface area contributed by atoms with Crippen molar-refractivity contribution in [2.45, 2.75) is 32.2 Å². The van der Waals surface area contributed by atoms with Crippen molar-refractivity contribution in [1.82, 2.24) is 9.88 Å². The number of aromatic hydroxyl groups is 1. The number of nitrogens with one attached hydrogen (secondary N) is 1. The van der Waals surface area contributed by atoms with Gasteiger partial charge in [-0.1, -0.05) is 49.4 Å². The number of methoxy groups -OCH3 is 1. The van der Waals surface area contributed by atoms with E-state index in [1.807, 2.05) is 61.5 Å². The van der Waals surface area contributed by atoms with Crippen molar-refractivity contribution in [3.8, 4) is 11.5 Å². The van der Waals surface area contributed by atoms with Crippen LogP contribution < -0.4 is 15.0 Å². The zero-order valence-electron chi connectivity index (χ0n) is 20.5. The molecule has 0 bridgehead atoms. The van der Waals surface area contributed by atoms with Gasteiger partial charge in [0.05, 0.1) is 24.9 Å². The molecule has 1 saturated heterocycles. The molecule has 1 atom stereocenters. The lowest BCUT2D eigenvalue weighted by molar-refractivity contribution is -0.117. The van der Waals surface area contributed by atoms with Gasteiger partial charge < -0.3 is 20.1 Å². The topological polar surface area (TPSA) is 77.9 Å². The van der Waals surface area contributed by atoms with Crippen LogP contribution in [0.2, 0.25) is 0 Å². The van der Waals surface area contributed by atoms with E-state index in [0.29, 0.717) is 18.0 Å². The van der Waals surface area contributed by atoms with Crippen molar-refractivity contribution in [3.63, 3.8) is 0 Å². The van der Waals surface area contributed by atoms with Crippen molar-refractivity contribution in [1.29, 1.82) is 0 Å². The number of amides is 1. The first-order chi connectivity index (χ1) is 17.1. The Hall–Kier alpha value is -3.58. The van der Waals surface area contributed by atoms with Crippen LogP contribution in [0.25, 0.3) is 0 Å². The first-order valence-corrected chi connectivity index (χ1v) is 12.2. The van der Waals surface area contributed by atoms with Gasteiger partial charge in [-0.05, 0) is 36.6 Å². The maximum absolute atomic E-state index is 12.8. The number of pyridine rings is 1. The molecule has 35 heavy (non-hydrogen) atoms. The van der Waals surface area contributed by atoms with Crippen molar-refractivity contribution in [2.75, 3.05) is 43.5 Å². The lowest BCUT2D eigenvalue weighted by atomic mass is 9.95. The molecule has 1 fully saturated rings. The van der Waals surface area contributed by atoms with Gasteiger partial charge in [-0.25, -0.2) is 4.98 Å². The van der Waals surface area contributed by atoms with Crippen molar-refractivity contribution in [2.24, 2.45) is 0 Å². The number of anilines is 2. The number of para-hydroxylation sites is 1. The van der Waals surface area contributed by atoms with Crippen LogP contribution in [0.15, 0.2) is 66.9 Å². The zero-order valence-corrected chi connectivity index (χ0v) is 20.5. The summed E-state index contributed by atoms with van der Waals surface area (Å²) in [5.41, 5.74) is 2.60. The highest BCUT2D eigenvalue weighted by Crippen LogP contribution is 2.30. The average Bonchev–Trinajstić information content (AvgIpc) is 3.12. The predicted octanol–water partition coefficient (Wildman–Crippen LogP) is 4.64. The molecule has 7 heteroatoms. The molecular formula is C28H34N4O3. The number of aromatic nitrogens is 1. The molecule has 2 heterocycles. The number of carbonyl (C=O) groups is 1. The molecule has 1 aliphatic rings. The van der Waals surface area contributed by atoms with Gasteiger partial charge in [-0.15, -0.1) is 0 Å². The van der Waals surface area contributed by atoms with Crippen molar-refractivity contribution in [3.05, 3.63) is 78.0 Å². The van der Waals surface area contributed by atoms with Crippen LogP contribution in [0.3, 0.4) is 0 Å². The molecule has 0 saturated carbocycles. The van der Waals surface area contributed by atoms with Crippen LogP contribution in [0.5, 0.6) is 11.5 Å². The van der Waals surface area contributed by atoms with Gasteiger partial charge in [0, 0.05) is 38.3 Å². The Balaban J connectivity index is 1.34. The van der Waals surface area contributed by atoms with Gasteiger partial charge in [0.15, 0.2) is 11.5 Å². The van der Waals surface area contributed by atoms with Crippen LogP contribution in [0.4, 0.5) is 11.5 Å². The summed E-state index contributed by atoms with van der Waals surface area (Å²) in [6.45, 7) is 6.26. The monoisotopic (exact) mass is 474 g/mol. The molecule has 0 aliphatic carbocycles. The number of rotatable bonds is 8. The summed E-state index contributed by atoms with van der Waals surface area (Å²) in [4.78, 5) is 22.1. The van der Waals surface area contributed by atoms with Crippen molar-refractivity contribution < 1.29 is 14.6 Å². The highest BCUT2D eigenvalue weighted by atomic mass is 16.5. The lowest BCUT2D eigenvalue weighted by Gasteiger charge is -2.23. The molecule has 7 nitrogen and oxygen atoms in total. The Kier molecular flexibility index (Phi) is 8.21. The van der Waals surface area contributed by atoms with E-state index in [-0.39, 0.29) is 17.6 Å². The Bertz CT molecular complexity index is 1100. The average molecular weight is 475 g/mol. The molecule has 0 spiro atoms. The second-order valence-electron chi connectivity index (χ2n) is 8.85. The number of benzene rings is 2. The van der Waals surface area contributed by atoms with Crippen LogP contribution in [-0.2, 0) is 11.3 Å². The number of phenols is 1. The fraction of sp³-hybridized carbons (Fsp3) is 0.357.